The molecule has 2 aromatic heterocycles. The summed E-state index contributed by atoms with van der Waals surface area (Å²) in [5.41, 5.74) is 4.47. The van der Waals surface area contributed by atoms with E-state index in [4.69, 9.17) is 16.8 Å². The summed E-state index contributed by atoms with van der Waals surface area (Å²) in [4.78, 5) is 10.5. The fraction of sp³-hybridized carbons (Fsp3) is 0.0294. The average Bonchev–Trinajstić information content (AvgIpc) is 3.36. The van der Waals surface area contributed by atoms with Gasteiger partial charge in [0.15, 0.2) is 0 Å². The number of H-pyrrole nitrogens is 1. The number of allylic oxidation sites excluding steroid dienone is 1. The van der Waals surface area contributed by atoms with Crippen molar-refractivity contribution >= 4 is 40.3 Å². The summed E-state index contributed by atoms with van der Waals surface area (Å²) in [6.07, 6.45) is 3.33. The van der Waals surface area contributed by atoms with E-state index in [1.807, 2.05) is 49.4 Å². The lowest BCUT2D eigenvalue weighted by atomic mass is 9.99. The molecule has 0 fully saturated rings. The maximum absolute atomic E-state index is 10.7. The maximum atomic E-state index is 10.7. The number of hydrogen-bond donors (Lipinski definition) is 2. The quantitative estimate of drug-likeness (QED) is 0.216. The predicted molar refractivity (Wildman–Crippen MR) is 162 cm³/mol. The molecule has 198 valence electrons. The number of aromatic nitrogens is 2. The van der Waals surface area contributed by atoms with Crippen LogP contribution in [0.15, 0.2) is 84.6 Å². The number of benzene rings is 3. The van der Waals surface area contributed by atoms with Gasteiger partial charge in [-0.05, 0) is 48.2 Å². The zero-order valence-electron chi connectivity index (χ0n) is 22.3. The summed E-state index contributed by atoms with van der Waals surface area (Å²) in [6.45, 7) is 1.87. The number of pyridine rings is 1. The Labute approximate surface area is 246 Å². The molecule has 5 rings (SSSR count). The molecule has 3 aromatic carbocycles. The Bertz CT molecular complexity index is 2200. The second kappa shape index (κ2) is 12.0. The number of rotatable bonds is 5. The van der Waals surface area contributed by atoms with Crippen LogP contribution in [0.5, 0.6) is 0 Å². The van der Waals surface area contributed by atoms with E-state index in [1.54, 1.807) is 54.6 Å². The largest absolute Gasteiger partial charge is 0.353 e. The molecule has 0 radical (unpaired) electrons. The molecule has 0 atom stereocenters. The molecule has 0 saturated carbocycles. The van der Waals surface area contributed by atoms with Gasteiger partial charge in [-0.3, -0.25) is 9.82 Å². The highest BCUT2D eigenvalue weighted by atomic mass is 35.5. The van der Waals surface area contributed by atoms with E-state index in [9.17, 15) is 21.0 Å². The number of nitrogens with one attached hydrogen (secondary N) is 2. The third-order valence-corrected chi connectivity index (χ3v) is 6.96. The predicted octanol–water partition coefficient (Wildman–Crippen LogP) is 5.44. The molecule has 5 aromatic rings. The van der Waals surface area contributed by atoms with Crippen molar-refractivity contribution in [2.75, 3.05) is 0 Å². The van der Waals surface area contributed by atoms with Crippen LogP contribution in [-0.2, 0) is 0 Å². The molecule has 0 aliphatic rings. The first-order valence-electron chi connectivity index (χ1n) is 12.7. The highest BCUT2D eigenvalue weighted by Gasteiger charge is 2.19. The van der Waals surface area contributed by atoms with E-state index in [1.165, 1.54) is 0 Å². The molecule has 42 heavy (non-hydrogen) atoms. The van der Waals surface area contributed by atoms with Crippen LogP contribution in [0.2, 0.25) is 0 Å². The normalized spacial score (nSPS) is 12.1. The van der Waals surface area contributed by atoms with Gasteiger partial charge in [0.1, 0.15) is 23.4 Å². The van der Waals surface area contributed by atoms with Crippen molar-refractivity contribution in [1.29, 1.82) is 21.0 Å². The minimum Gasteiger partial charge on any atom is -0.353 e. The summed E-state index contributed by atoms with van der Waals surface area (Å²) < 4.78 is 0. The molecule has 0 unspecified atom stereocenters. The van der Waals surface area contributed by atoms with Crippen molar-refractivity contribution in [1.82, 2.24) is 14.8 Å². The first-order valence-corrected chi connectivity index (χ1v) is 13.1. The Morgan fingerprint density at radius 3 is 2.29 bits per heavy atom. The van der Waals surface area contributed by atoms with Crippen LogP contribution >= 0.6 is 11.8 Å². The van der Waals surface area contributed by atoms with E-state index in [0.29, 0.717) is 49.8 Å². The van der Waals surface area contributed by atoms with Gasteiger partial charge in [0, 0.05) is 39.2 Å². The number of halogens is 1. The van der Waals surface area contributed by atoms with E-state index in [2.05, 4.69) is 28.0 Å². The Morgan fingerprint density at radius 1 is 0.881 bits per heavy atom. The number of fused-ring (bicyclic) bond motifs is 1. The number of nitriles is 4. The molecule has 0 amide bonds. The molecule has 0 aliphatic heterocycles. The average molecular weight is 562 g/mol. The van der Waals surface area contributed by atoms with E-state index < -0.39 is 0 Å². The molecule has 8 heteroatoms. The zero-order chi connectivity index (χ0) is 29.6. The van der Waals surface area contributed by atoms with Crippen LogP contribution in [0.1, 0.15) is 33.6 Å². The summed E-state index contributed by atoms with van der Waals surface area (Å²) >= 11 is 5.89. The number of aromatic amines is 1. The molecular formula is C34H20ClN7. The Kier molecular flexibility index (Phi) is 7.81. The molecule has 7 nitrogen and oxygen atoms in total. The smallest absolute Gasteiger partial charge is 0.128 e. The van der Waals surface area contributed by atoms with Gasteiger partial charge < -0.3 is 4.98 Å². The number of aryl methyl sites for hydroxylation is 1. The summed E-state index contributed by atoms with van der Waals surface area (Å²) in [7, 11) is 0. The molecule has 2 N–H and O–H groups in total. The van der Waals surface area contributed by atoms with Crippen LogP contribution in [-0.4, -0.2) is 9.97 Å². The molecular weight excluding hydrogens is 542 g/mol. The fourth-order valence-corrected chi connectivity index (χ4v) is 4.99. The van der Waals surface area contributed by atoms with Crippen molar-refractivity contribution in [3.05, 3.63) is 129 Å². The van der Waals surface area contributed by atoms with Gasteiger partial charge in [0.05, 0.1) is 40.0 Å². The van der Waals surface area contributed by atoms with Crippen molar-refractivity contribution < 1.29 is 0 Å². The minimum absolute atomic E-state index is 0.0405. The van der Waals surface area contributed by atoms with Crippen LogP contribution in [0.25, 0.3) is 39.8 Å². The third-order valence-electron chi connectivity index (χ3n) is 6.75. The Balaban J connectivity index is 2.08. The van der Waals surface area contributed by atoms with Gasteiger partial charge in [0.2, 0.25) is 0 Å². The van der Waals surface area contributed by atoms with Crippen LogP contribution in [0.4, 0.5) is 0 Å². The minimum atomic E-state index is 0.0405. The van der Waals surface area contributed by atoms with Gasteiger partial charge in [-0.1, -0.05) is 60.7 Å². The molecule has 0 saturated heterocycles. The number of nitrogens with zero attached hydrogens (tertiary/aromatic N) is 5. The van der Waals surface area contributed by atoms with Crippen molar-refractivity contribution in [3.63, 3.8) is 0 Å². The lowest BCUT2D eigenvalue weighted by Crippen LogP contribution is -2.28. The van der Waals surface area contributed by atoms with E-state index in [-0.39, 0.29) is 11.3 Å². The van der Waals surface area contributed by atoms with Crippen molar-refractivity contribution in [2.45, 2.75) is 6.92 Å². The first-order chi connectivity index (χ1) is 20.5. The zero-order valence-corrected chi connectivity index (χ0v) is 23.0. The van der Waals surface area contributed by atoms with Crippen molar-refractivity contribution in [2.24, 2.45) is 0 Å². The SMILES string of the molecule is Cc1cc2ccccc2c(/C(C#N)=c2\[nH]c(-c3ccccc3C#N)c(/C=C(\C#N)NCl)\c2=C\c2ccccc2C#N)n1. The first kappa shape index (κ1) is 27.4. The van der Waals surface area contributed by atoms with E-state index in [0.717, 1.165) is 16.5 Å². The standard InChI is InChI=1S/C34H20ClN7/c1-21-14-23-9-4-6-12-27(23)33(40-21)31(20-39)34-29(15-22-8-2-3-10-24(22)17-36)30(16-26(19-38)42-35)32(41-34)28-13-7-5-11-25(28)18-37/h2-16,41-42H,1H3/b26-16+,29-15-,34-31-. The van der Waals surface area contributed by atoms with Gasteiger partial charge in [-0.2, -0.15) is 21.0 Å². The Morgan fingerprint density at radius 2 is 1.57 bits per heavy atom. The molecule has 0 bridgehead atoms. The van der Waals surface area contributed by atoms with Gasteiger partial charge in [-0.15, -0.1) is 0 Å². The summed E-state index contributed by atoms with van der Waals surface area (Å²) in [6, 6.07) is 32.5. The highest BCUT2D eigenvalue weighted by molar-refractivity contribution is 6.15. The molecule has 0 aliphatic carbocycles. The third kappa shape index (κ3) is 5.08. The van der Waals surface area contributed by atoms with Gasteiger partial charge in [-0.25, -0.2) is 0 Å². The topological polar surface area (TPSA) is 136 Å². The second-order valence-electron chi connectivity index (χ2n) is 9.29. The fourth-order valence-electron chi connectivity index (χ4n) is 4.89. The second-order valence-corrected chi connectivity index (χ2v) is 9.48. The number of hydrogen-bond acceptors (Lipinski definition) is 6. The maximum Gasteiger partial charge on any atom is 0.128 e. The lowest BCUT2D eigenvalue weighted by Gasteiger charge is -2.06. The monoisotopic (exact) mass is 561 g/mol. The van der Waals surface area contributed by atoms with E-state index >= 15 is 0 Å². The van der Waals surface area contributed by atoms with Crippen LogP contribution in [0, 0.1) is 52.2 Å². The summed E-state index contributed by atoms with van der Waals surface area (Å²) in [5, 5.41) is 42.8. The van der Waals surface area contributed by atoms with Crippen molar-refractivity contribution in [3.8, 4) is 35.5 Å². The van der Waals surface area contributed by atoms with Gasteiger partial charge >= 0.3 is 0 Å². The highest BCUT2D eigenvalue weighted by Crippen LogP contribution is 2.26. The Hall–Kier alpha value is -6.12. The summed E-state index contributed by atoms with van der Waals surface area (Å²) in [5.74, 6) is 0. The van der Waals surface area contributed by atoms with Gasteiger partial charge in [0.25, 0.3) is 0 Å². The van der Waals surface area contributed by atoms with Crippen LogP contribution < -0.4 is 15.4 Å². The lowest BCUT2D eigenvalue weighted by molar-refractivity contribution is 1.18. The van der Waals surface area contributed by atoms with Crippen LogP contribution in [0.3, 0.4) is 0 Å². The molecule has 2 heterocycles. The molecule has 0 spiro atoms.